The number of rotatable bonds is 8. The molecular weight excluding hydrogens is 375 g/mol. The van der Waals surface area contributed by atoms with Crippen molar-refractivity contribution in [2.24, 2.45) is 5.10 Å². The zero-order chi connectivity index (χ0) is 20.7. The highest BCUT2D eigenvalue weighted by Crippen LogP contribution is 2.29. The molecule has 0 amide bonds. The van der Waals surface area contributed by atoms with Crippen molar-refractivity contribution >= 4 is 28.7 Å². The second-order valence-electron chi connectivity index (χ2n) is 5.35. The molecule has 2 aromatic carbocycles. The fraction of sp³-hybridized carbons (Fsp3) is 0.176. The molecule has 0 saturated heterocycles. The van der Waals surface area contributed by atoms with E-state index in [0.29, 0.717) is 0 Å². The predicted octanol–water partition coefficient (Wildman–Crippen LogP) is 3.41. The van der Waals surface area contributed by atoms with Gasteiger partial charge in [-0.25, -0.2) is 4.39 Å². The molecule has 2 aromatic rings. The van der Waals surface area contributed by atoms with Crippen molar-refractivity contribution in [2.45, 2.75) is 13.3 Å². The van der Waals surface area contributed by atoms with Gasteiger partial charge in [-0.05, 0) is 19.1 Å². The minimum atomic E-state index is -0.820. The normalized spacial score (nSPS) is 11.0. The molecule has 0 fully saturated rings. The number of anilines is 1. The third-order valence-electron chi connectivity index (χ3n) is 3.50. The van der Waals surface area contributed by atoms with Crippen LogP contribution in [0.5, 0.6) is 0 Å². The van der Waals surface area contributed by atoms with Crippen molar-refractivity contribution in [3.8, 4) is 0 Å². The molecule has 0 radical (unpaired) electrons. The van der Waals surface area contributed by atoms with Crippen LogP contribution in [0.1, 0.15) is 18.9 Å². The molecule has 0 bridgehead atoms. The maximum Gasteiger partial charge on any atom is 0.311 e. The van der Waals surface area contributed by atoms with E-state index in [-0.39, 0.29) is 30.0 Å². The number of benzene rings is 2. The number of nitrogens with zero attached hydrogens (tertiary/aromatic N) is 3. The van der Waals surface area contributed by atoms with E-state index < -0.39 is 33.0 Å². The lowest BCUT2D eigenvalue weighted by molar-refractivity contribution is -0.393. The average Bonchev–Trinajstić information content (AvgIpc) is 2.65. The van der Waals surface area contributed by atoms with Gasteiger partial charge < -0.3 is 4.74 Å². The summed E-state index contributed by atoms with van der Waals surface area (Å²) < 4.78 is 18.9. The number of non-ortho nitro benzene ring substituents is 1. The number of carbonyl (C=O) groups excluding carboxylic acids is 1. The molecular formula is C17H15FN4O6. The van der Waals surface area contributed by atoms with Crippen LogP contribution in [0.3, 0.4) is 0 Å². The summed E-state index contributed by atoms with van der Waals surface area (Å²) in [5.74, 6) is -1.31. The van der Waals surface area contributed by atoms with Crippen molar-refractivity contribution in [1.29, 1.82) is 0 Å². The van der Waals surface area contributed by atoms with Crippen LogP contribution in [0.15, 0.2) is 47.6 Å². The number of hydrogen-bond donors (Lipinski definition) is 1. The third kappa shape index (κ3) is 5.06. The van der Waals surface area contributed by atoms with Crippen molar-refractivity contribution in [1.82, 2.24) is 0 Å². The van der Waals surface area contributed by atoms with Gasteiger partial charge in [0.1, 0.15) is 11.5 Å². The molecule has 11 heteroatoms. The van der Waals surface area contributed by atoms with E-state index in [4.69, 9.17) is 4.74 Å². The Morgan fingerprint density at radius 3 is 2.50 bits per heavy atom. The fourth-order valence-electron chi connectivity index (χ4n) is 2.25. The summed E-state index contributed by atoms with van der Waals surface area (Å²) in [5.41, 5.74) is 1.11. The van der Waals surface area contributed by atoms with Crippen molar-refractivity contribution in [3.05, 3.63) is 74.1 Å². The van der Waals surface area contributed by atoms with E-state index in [1.54, 1.807) is 6.92 Å². The zero-order valence-corrected chi connectivity index (χ0v) is 14.6. The SMILES string of the molecule is CCOC(=O)C/C(=N\Nc1ccc([N+](=O)[O-])cc1[N+](=O)[O-])c1ccccc1F. The Balaban J connectivity index is 2.42. The Morgan fingerprint density at radius 2 is 1.89 bits per heavy atom. The minimum absolute atomic E-state index is 0.00705. The lowest BCUT2D eigenvalue weighted by Crippen LogP contribution is -2.15. The van der Waals surface area contributed by atoms with Crippen LogP contribution in [-0.2, 0) is 9.53 Å². The largest absolute Gasteiger partial charge is 0.466 e. The van der Waals surface area contributed by atoms with Gasteiger partial charge in [-0.3, -0.25) is 30.4 Å². The summed E-state index contributed by atoms with van der Waals surface area (Å²) >= 11 is 0. The highest BCUT2D eigenvalue weighted by molar-refractivity contribution is 6.09. The van der Waals surface area contributed by atoms with E-state index in [1.165, 1.54) is 24.3 Å². The second kappa shape index (κ2) is 9.16. The summed E-state index contributed by atoms with van der Waals surface area (Å²) in [6.45, 7) is 1.72. The van der Waals surface area contributed by atoms with Gasteiger partial charge in [-0.1, -0.05) is 18.2 Å². The van der Waals surface area contributed by atoms with Gasteiger partial charge in [0.15, 0.2) is 0 Å². The van der Waals surface area contributed by atoms with Gasteiger partial charge >= 0.3 is 11.7 Å². The van der Waals surface area contributed by atoms with Crippen LogP contribution in [0.4, 0.5) is 21.5 Å². The topological polar surface area (TPSA) is 137 Å². The molecule has 28 heavy (non-hydrogen) atoms. The Labute approximate surface area is 157 Å². The van der Waals surface area contributed by atoms with Crippen molar-refractivity contribution in [3.63, 3.8) is 0 Å². The fourth-order valence-corrected chi connectivity index (χ4v) is 2.25. The number of nitrogens with one attached hydrogen (secondary N) is 1. The lowest BCUT2D eigenvalue weighted by Gasteiger charge is -2.09. The van der Waals surface area contributed by atoms with Gasteiger partial charge in [0, 0.05) is 11.6 Å². The molecule has 0 heterocycles. The molecule has 0 unspecified atom stereocenters. The maximum atomic E-state index is 14.1. The summed E-state index contributed by atoms with van der Waals surface area (Å²) in [6.07, 6.45) is -0.386. The molecule has 0 aliphatic heterocycles. The zero-order valence-electron chi connectivity index (χ0n) is 14.6. The molecule has 0 saturated carbocycles. The van der Waals surface area contributed by atoms with E-state index in [0.717, 1.165) is 18.2 Å². The first-order valence-electron chi connectivity index (χ1n) is 7.99. The molecule has 0 atom stereocenters. The summed E-state index contributed by atoms with van der Waals surface area (Å²) in [7, 11) is 0. The Morgan fingerprint density at radius 1 is 1.18 bits per heavy atom. The summed E-state index contributed by atoms with van der Waals surface area (Å²) in [4.78, 5) is 32.2. The van der Waals surface area contributed by atoms with Gasteiger partial charge in [0.25, 0.3) is 5.69 Å². The molecule has 2 rings (SSSR count). The molecule has 10 nitrogen and oxygen atoms in total. The number of carbonyl (C=O) groups is 1. The van der Waals surface area contributed by atoms with E-state index in [2.05, 4.69) is 10.5 Å². The molecule has 0 aromatic heterocycles. The number of nitro benzene ring substituents is 2. The number of ether oxygens (including phenoxy) is 1. The maximum absolute atomic E-state index is 14.1. The van der Waals surface area contributed by atoms with Crippen LogP contribution in [0.25, 0.3) is 0 Å². The van der Waals surface area contributed by atoms with Crippen LogP contribution >= 0.6 is 0 Å². The first-order chi connectivity index (χ1) is 13.3. The third-order valence-corrected chi connectivity index (χ3v) is 3.50. The van der Waals surface area contributed by atoms with Crippen LogP contribution < -0.4 is 5.43 Å². The first-order valence-corrected chi connectivity index (χ1v) is 7.99. The van der Waals surface area contributed by atoms with Crippen molar-refractivity contribution < 1.29 is 23.8 Å². The lowest BCUT2D eigenvalue weighted by atomic mass is 10.1. The minimum Gasteiger partial charge on any atom is -0.466 e. The average molecular weight is 390 g/mol. The van der Waals surface area contributed by atoms with Crippen LogP contribution in [0.2, 0.25) is 0 Å². The highest BCUT2D eigenvalue weighted by Gasteiger charge is 2.20. The second-order valence-corrected chi connectivity index (χ2v) is 5.35. The number of halogens is 1. The monoisotopic (exact) mass is 390 g/mol. The molecule has 0 spiro atoms. The number of esters is 1. The smallest absolute Gasteiger partial charge is 0.311 e. The molecule has 0 aliphatic rings. The van der Waals surface area contributed by atoms with Gasteiger partial charge in [-0.2, -0.15) is 5.10 Å². The van der Waals surface area contributed by atoms with Crippen LogP contribution in [-0.4, -0.2) is 28.1 Å². The predicted molar refractivity (Wildman–Crippen MR) is 97.6 cm³/mol. The van der Waals surface area contributed by atoms with E-state index in [9.17, 15) is 29.4 Å². The van der Waals surface area contributed by atoms with Gasteiger partial charge in [0.2, 0.25) is 0 Å². The van der Waals surface area contributed by atoms with Gasteiger partial charge in [-0.15, -0.1) is 0 Å². The first kappa shape index (κ1) is 20.4. The van der Waals surface area contributed by atoms with Crippen LogP contribution in [0, 0.1) is 26.0 Å². The number of hydrazone groups is 1. The Bertz CT molecular complexity index is 947. The quantitative estimate of drug-likeness (QED) is 0.315. The summed E-state index contributed by atoms with van der Waals surface area (Å²) in [5, 5.41) is 25.9. The number of hydrogen-bond acceptors (Lipinski definition) is 8. The van der Waals surface area contributed by atoms with E-state index in [1.807, 2.05) is 0 Å². The standard InChI is InChI=1S/C17H15FN4O6/c1-2-28-17(23)10-15(12-5-3-4-6-13(12)18)20-19-14-8-7-11(21(24)25)9-16(14)22(26)27/h3-9,19H,2,10H2,1H3/b20-15+. The molecule has 0 aliphatic carbocycles. The molecule has 146 valence electrons. The van der Waals surface area contributed by atoms with Crippen molar-refractivity contribution in [2.75, 3.05) is 12.0 Å². The summed E-state index contributed by atoms with van der Waals surface area (Å²) in [6, 6.07) is 8.47. The molecule has 1 N–H and O–H groups in total. The Kier molecular flexibility index (Phi) is 6.68. The highest BCUT2D eigenvalue weighted by atomic mass is 19.1. The van der Waals surface area contributed by atoms with Gasteiger partial charge in [0.05, 0.1) is 34.7 Å². The Hall–Kier alpha value is -3.89. The number of nitro groups is 2. The van der Waals surface area contributed by atoms with E-state index >= 15 is 0 Å².